The van der Waals surface area contributed by atoms with E-state index in [-0.39, 0.29) is 0 Å². The summed E-state index contributed by atoms with van der Waals surface area (Å²) in [7, 11) is 0. The van der Waals surface area contributed by atoms with Gasteiger partial charge >= 0.3 is 0 Å². The van der Waals surface area contributed by atoms with Crippen LogP contribution in [0.25, 0.3) is 256 Å². The van der Waals surface area contributed by atoms with Gasteiger partial charge in [-0.25, -0.2) is 29.9 Å². The third kappa shape index (κ3) is 14.6. The number of nitrogens with zero attached hydrogens (tertiary/aromatic N) is 10. The molecule has 0 N–H and O–H groups in total. The molecule has 0 aliphatic heterocycles. The van der Waals surface area contributed by atoms with Gasteiger partial charge in [0.05, 0.1) is 44.2 Å². The highest BCUT2D eigenvalue weighted by Gasteiger charge is 2.28. The zero-order valence-corrected chi connectivity index (χ0v) is 73.3. The molecule has 26 aromatic rings. The Balaban J connectivity index is 0.000000145. The van der Waals surface area contributed by atoms with E-state index < -0.39 is 0 Å². The smallest absolute Gasteiger partial charge is 0.166 e. The van der Waals surface area contributed by atoms with E-state index in [1.165, 1.54) is 0 Å². The lowest BCUT2D eigenvalue weighted by molar-refractivity contribution is 0.673. The Hall–Kier alpha value is -18.5. The Morgan fingerprint density at radius 1 is 0.169 bits per heavy atom. The van der Waals surface area contributed by atoms with Gasteiger partial charge in [-0.1, -0.05) is 334 Å². The van der Waals surface area contributed by atoms with Crippen molar-refractivity contribution in [2.75, 3.05) is 0 Å². The first-order valence-electron chi connectivity index (χ1n) is 45.6. The molecule has 26 rings (SSSR count). The van der Waals surface area contributed by atoms with Crippen LogP contribution in [0.15, 0.2) is 482 Å². The molecule has 0 atom stereocenters. The van der Waals surface area contributed by atoms with Crippen molar-refractivity contribution in [3.8, 4) is 169 Å². The molecule has 0 amide bonds. The fourth-order valence-electron chi connectivity index (χ4n) is 19.3. The van der Waals surface area contributed by atoms with E-state index in [0.717, 1.165) is 216 Å². The van der Waals surface area contributed by atoms with Gasteiger partial charge in [-0.3, -0.25) is 9.97 Å². The van der Waals surface area contributed by atoms with E-state index in [2.05, 4.69) is 349 Å². The lowest BCUT2D eigenvalue weighted by atomic mass is 9.92. The summed E-state index contributed by atoms with van der Waals surface area (Å²) < 4.78 is 18.9. The molecule has 136 heavy (non-hydrogen) atoms. The van der Waals surface area contributed by atoms with Gasteiger partial charge in [-0.15, -0.1) is 0 Å². The molecular weight excluding hydrogens is 1660 g/mol. The molecule has 0 saturated heterocycles. The number of fused-ring (bicyclic) bond motifs is 14. The van der Waals surface area contributed by atoms with Crippen LogP contribution in [0.1, 0.15) is 0 Å². The number of benzene rings is 18. The van der Waals surface area contributed by atoms with Crippen LogP contribution in [0.4, 0.5) is 0 Å². The lowest BCUT2D eigenvalue weighted by Gasteiger charge is -2.15. The molecule has 0 aliphatic carbocycles. The molecule has 0 aliphatic rings. The Kier molecular flexibility index (Phi) is 20.0. The van der Waals surface area contributed by atoms with Crippen molar-refractivity contribution < 1.29 is 8.83 Å². The minimum Gasteiger partial charge on any atom is -0.455 e. The molecule has 0 spiro atoms. The average molecular weight is 1740 g/mol. The monoisotopic (exact) mass is 1740 g/mol. The minimum atomic E-state index is 0.506. The molecule has 8 heterocycles. The van der Waals surface area contributed by atoms with Gasteiger partial charge in [-0.05, 0) is 183 Å². The summed E-state index contributed by atoms with van der Waals surface area (Å²) in [5.74, 6) is 3.32. The molecule has 0 bridgehead atoms. The van der Waals surface area contributed by atoms with Crippen molar-refractivity contribution in [1.29, 1.82) is 0 Å². The maximum absolute atomic E-state index is 7.22. The lowest BCUT2D eigenvalue weighted by Crippen LogP contribution is -2.02. The van der Waals surface area contributed by atoms with Gasteiger partial charge in [0.2, 0.25) is 0 Å². The van der Waals surface area contributed by atoms with E-state index in [1.807, 2.05) is 134 Å². The highest BCUT2D eigenvalue weighted by atomic mass is 16.3. The Bertz CT molecular complexity index is 8820. The molecule has 8 aromatic heterocycles. The minimum absolute atomic E-state index is 0.506. The predicted octanol–water partition coefficient (Wildman–Crippen LogP) is 31.9. The number of para-hydroxylation sites is 5. The van der Waals surface area contributed by atoms with Gasteiger partial charge in [0, 0.05) is 112 Å². The largest absolute Gasteiger partial charge is 0.455 e. The van der Waals surface area contributed by atoms with Gasteiger partial charge in [0.15, 0.2) is 34.9 Å². The third-order valence-electron chi connectivity index (χ3n) is 25.7. The van der Waals surface area contributed by atoms with Crippen LogP contribution in [0.2, 0.25) is 0 Å². The second kappa shape index (κ2) is 34.1. The average Bonchev–Trinajstić information content (AvgIpc) is 1.56. The van der Waals surface area contributed by atoms with Crippen LogP contribution in [0, 0.1) is 0 Å². The van der Waals surface area contributed by atoms with Crippen LogP contribution in [-0.4, -0.2) is 49.0 Å². The molecule has 18 aromatic carbocycles. The zero-order chi connectivity index (χ0) is 89.9. The van der Waals surface area contributed by atoms with Crippen LogP contribution in [-0.2, 0) is 0 Å². The Morgan fingerprint density at radius 3 is 0.868 bits per heavy atom. The molecule has 12 nitrogen and oxygen atoms in total. The fourth-order valence-corrected chi connectivity index (χ4v) is 19.3. The van der Waals surface area contributed by atoms with Crippen molar-refractivity contribution in [2.45, 2.75) is 0 Å². The van der Waals surface area contributed by atoms with Crippen molar-refractivity contribution in [1.82, 2.24) is 49.0 Å². The number of hydrogen-bond donors (Lipinski definition) is 0. The summed E-state index contributed by atoms with van der Waals surface area (Å²) in [5, 5.41) is 8.54. The van der Waals surface area contributed by atoms with Crippen molar-refractivity contribution >= 4 is 87.5 Å². The van der Waals surface area contributed by atoms with E-state index >= 15 is 0 Å². The van der Waals surface area contributed by atoms with E-state index in [9.17, 15) is 0 Å². The summed E-state index contributed by atoms with van der Waals surface area (Å²) in [6, 6.07) is 160. The van der Waals surface area contributed by atoms with Crippen molar-refractivity contribution in [2.24, 2.45) is 0 Å². The summed E-state index contributed by atoms with van der Waals surface area (Å²) >= 11 is 0. The Morgan fingerprint density at radius 2 is 0.471 bits per heavy atom. The highest BCUT2D eigenvalue weighted by Crippen LogP contribution is 2.49. The number of rotatable bonds is 16. The van der Waals surface area contributed by atoms with Gasteiger partial charge < -0.3 is 18.0 Å². The first kappa shape index (κ1) is 79.6. The second-order valence-corrected chi connectivity index (χ2v) is 34.0. The van der Waals surface area contributed by atoms with Crippen molar-refractivity contribution in [3.63, 3.8) is 0 Å². The normalized spacial score (nSPS) is 11.5. The Labute approximate surface area is 782 Å². The van der Waals surface area contributed by atoms with Crippen LogP contribution < -0.4 is 0 Å². The predicted molar refractivity (Wildman–Crippen MR) is 555 cm³/mol. The van der Waals surface area contributed by atoms with E-state index in [4.69, 9.17) is 48.7 Å². The van der Waals surface area contributed by atoms with Gasteiger partial charge in [-0.2, -0.15) is 0 Å². The summed E-state index contributed by atoms with van der Waals surface area (Å²) in [5.41, 5.74) is 30.9. The number of furan rings is 2. The third-order valence-corrected chi connectivity index (χ3v) is 25.7. The number of aromatic nitrogens is 10. The summed E-state index contributed by atoms with van der Waals surface area (Å²) in [4.78, 5) is 42.0. The fraction of sp³-hybridized carbons (Fsp3) is 0. The molecule has 636 valence electrons. The molecule has 0 radical (unpaired) electrons. The van der Waals surface area contributed by atoms with Crippen molar-refractivity contribution in [3.05, 3.63) is 473 Å². The standard InChI is InChI=1S/2C62H39N5O/c1-6-19-40(20-7-1)44-35-45(41-21-8-2-9-22-41)37-46(36-44)47-38-53(62-65-60(42-23-10-3-11-24-42)64-61(66-62)43-25-12-4-13-26-43)57(63-39-47)52-31-18-30-49-50-33-34-55-56(59(50)68-58(49)52)51-29-16-17-32-54(51)67(55)48-27-14-5-15-28-48;1-6-18-40(19-7-1)45-34-46(41-20-8-2-9-21-41)36-47(35-45)48-37-53(62-65-60(42-22-10-3-11-23-42)64-61(66-62)43-24-12-4-13-25-43)58(63-39-48)44-30-31-50-51-32-33-55-57(59(51)68-56(50)38-44)52-28-16-17-29-54(52)67(55)49-26-14-5-15-27-49/h2*1-39H. The number of pyridine rings is 2. The van der Waals surface area contributed by atoms with Crippen LogP contribution in [0.3, 0.4) is 0 Å². The van der Waals surface area contributed by atoms with E-state index in [1.54, 1.807) is 0 Å². The summed E-state index contributed by atoms with van der Waals surface area (Å²) in [6.45, 7) is 0. The van der Waals surface area contributed by atoms with Crippen LogP contribution in [0.5, 0.6) is 0 Å². The maximum atomic E-state index is 7.22. The molecule has 0 saturated carbocycles. The highest BCUT2D eigenvalue weighted by molar-refractivity contribution is 6.26. The molecular formula is C124H78N10O2. The first-order chi connectivity index (χ1) is 67.4. The SMILES string of the molecule is c1ccc(-c2cc(-c3ccccc3)cc(-c3cnc(-c4ccc5c(c4)oc4c5ccc5c4c4ccccc4n5-c4ccccc4)c(-c4nc(-c5ccccc5)nc(-c5ccccc5)n4)c3)c2)cc1.c1ccc(-c2cc(-c3ccccc3)cc(-c3cnc(-c4cccc5c4oc4c5ccc5c4c4ccccc4n5-c4ccccc4)c(-c4nc(-c5ccccc5)nc(-c5ccccc5)n4)c3)c2)cc1. The molecule has 12 heteroatoms. The summed E-state index contributed by atoms with van der Waals surface area (Å²) in [6.07, 6.45) is 3.95. The topological polar surface area (TPSA) is 139 Å². The van der Waals surface area contributed by atoms with Gasteiger partial charge in [0.25, 0.3) is 0 Å². The van der Waals surface area contributed by atoms with Gasteiger partial charge in [0.1, 0.15) is 22.3 Å². The number of hydrogen-bond acceptors (Lipinski definition) is 10. The van der Waals surface area contributed by atoms with Crippen LogP contribution >= 0.6 is 0 Å². The zero-order valence-electron chi connectivity index (χ0n) is 73.3. The maximum Gasteiger partial charge on any atom is 0.166 e. The van der Waals surface area contributed by atoms with E-state index in [0.29, 0.717) is 40.6 Å². The quantitative estimate of drug-likeness (QED) is 0.0918. The first-order valence-corrected chi connectivity index (χ1v) is 45.6. The molecule has 0 fully saturated rings. The second-order valence-electron chi connectivity index (χ2n) is 34.0. The molecule has 0 unspecified atom stereocenters.